The van der Waals surface area contributed by atoms with Crippen LogP contribution in [0, 0.1) is 12.7 Å². The summed E-state index contributed by atoms with van der Waals surface area (Å²) in [5.41, 5.74) is 1.15. The predicted octanol–water partition coefficient (Wildman–Crippen LogP) is 5.67. The highest BCUT2D eigenvalue weighted by atomic mass is 35.5. The Balaban J connectivity index is 2.02. The van der Waals surface area contributed by atoms with Crippen LogP contribution < -0.4 is 0 Å². The summed E-state index contributed by atoms with van der Waals surface area (Å²) in [6.07, 6.45) is 0. The average Bonchev–Trinajstić information content (AvgIpc) is 3.03. The summed E-state index contributed by atoms with van der Waals surface area (Å²) in [6, 6.07) is 7.18. The Morgan fingerprint density at radius 3 is 2.81 bits per heavy atom. The summed E-state index contributed by atoms with van der Waals surface area (Å²) in [7, 11) is 0. The molecule has 0 atom stereocenters. The van der Waals surface area contributed by atoms with E-state index in [0.29, 0.717) is 16.4 Å². The van der Waals surface area contributed by atoms with Crippen LogP contribution in [0.1, 0.15) is 5.56 Å². The summed E-state index contributed by atoms with van der Waals surface area (Å²) in [5, 5.41) is 2.92. The number of aromatic nitrogens is 2. The molecule has 21 heavy (non-hydrogen) atoms. The van der Waals surface area contributed by atoms with Gasteiger partial charge in [0.15, 0.2) is 5.82 Å². The topological polar surface area (TPSA) is 25.8 Å². The van der Waals surface area contributed by atoms with Gasteiger partial charge in [-0.15, -0.1) is 22.7 Å². The molecule has 6 heteroatoms. The minimum absolute atomic E-state index is 0.279. The Morgan fingerprint density at radius 2 is 2.00 bits per heavy atom. The van der Waals surface area contributed by atoms with Gasteiger partial charge in [0, 0.05) is 14.8 Å². The van der Waals surface area contributed by atoms with Crippen molar-refractivity contribution in [1.82, 2.24) is 9.97 Å². The maximum Gasteiger partial charge on any atom is 0.171 e. The van der Waals surface area contributed by atoms with Crippen molar-refractivity contribution in [3.8, 4) is 10.7 Å². The Kier molecular flexibility index (Phi) is 2.96. The number of hydrogen-bond acceptors (Lipinski definition) is 4. The molecule has 0 amide bonds. The van der Waals surface area contributed by atoms with Crippen LogP contribution in [0.2, 0.25) is 5.15 Å². The molecule has 0 aliphatic carbocycles. The number of halogens is 2. The van der Waals surface area contributed by atoms with E-state index >= 15 is 0 Å². The van der Waals surface area contributed by atoms with E-state index in [1.165, 1.54) is 15.5 Å². The van der Waals surface area contributed by atoms with Crippen LogP contribution in [-0.2, 0) is 0 Å². The van der Waals surface area contributed by atoms with E-state index in [9.17, 15) is 4.39 Å². The van der Waals surface area contributed by atoms with E-state index in [-0.39, 0.29) is 11.3 Å². The highest BCUT2D eigenvalue weighted by molar-refractivity contribution is 7.28. The molecule has 1 aromatic carbocycles. The van der Waals surface area contributed by atoms with E-state index in [1.807, 2.05) is 18.4 Å². The average molecular weight is 335 g/mol. The third-order valence-corrected chi connectivity index (χ3v) is 5.69. The highest BCUT2D eigenvalue weighted by Gasteiger charge is 2.15. The molecule has 0 aliphatic rings. The molecule has 4 rings (SSSR count). The SMILES string of the molecule is Cc1ccc(F)c2nc(-c3cc4sccc4s3)nc(Cl)c12. The lowest BCUT2D eigenvalue weighted by atomic mass is 10.1. The van der Waals surface area contributed by atoms with Crippen molar-refractivity contribution in [3.05, 3.63) is 46.2 Å². The maximum atomic E-state index is 14.0. The second kappa shape index (κ2) is 4.73. The number of hydrogen-bond donors (Lipinski definition) is 0. The van der Waals surface area contributed by atoms with Crippen LogP contribution in [0.3, 0.4) is 0 Å². The summed E-state index contributed by atoms with van der Waals surface area (Å²) >= 11 is 9.50. The van der Waals surface area contributed by atoms with Crippen LogP contribution >= 0.6 is 34.3 Å². The second-order valence-electron chi connectivity index (χ2n) is 4.69. The lowest BCUT2D eigenvalue weighted by molar-refractivity contribution is 0.636. The predicted molar refractivity (Wildman–Crippen MR) is 87.9 cm³/mol. The number of aryl methyl sites for hydroxylation is 1. The lowest BCUT2D eigenvalue weighted by Crippen LogP contribution is -1.94. The number of benzene rings is 1. The quantitative estimate of drug-likeness (QED) is 0.419. The Morgan fingerprint density at radius 1 is 1.14 bits per heavy atom. The van der Waals surface area contributed by atoms with Gasteiger partial charge in [0.25, 0.3) is 0 Å². The minimum Gasteiger partial charge on any atom is -0.224 e. The zero-order valence-electron chi connectivity index (χ0n) is 10.9. The zero-order chi connectivity index (χ0) is 14.6. The summed E-state index contributed by atoms with van der Waals surface area (Å²) in [5.74, 6) is 0.102. The molecule has 104 valence electrons. The lowest BCUT2D eigenvalue weighted by Gasteiger charge is -2.06. The van der Waals surface area contributed by atoms with Crippen molar-refractivity contribution in [2.75, 3.05) is 0 Å². The highest BCUT2D eigenvalue weighted by Crippen LogP contribution is 2.36. The van der Waals surface area contributed by atoms with E-state index in [4.69, 9.17) is 11.6 Å². The molecule has 0 saturated heterocycles. The number of rotatable bonds is 1. The standard InChI is InChI=1S/C15H8ClFN2S2/c1-7-2-3-8(17)13-12(7)14(16)19-15(18-13)11-6-10-9(21-11)4-5-20-10/h2-6H,1H3. The van der Waals surface area contributed by atoms with Crippen molar-refractivity contribution < 1.29 is 4.39 Å². The van der Waals surface area contributed by atoms with Crippen LogP contribution in [-0.4, -0.2) is 9.97 Å². The van der Waals surface area contributed by atoms with Gasteiger partial charge in [0.2, 0.25) is 0 Å². The molecule has 0 unspecified atom stereocenters. The van der Waals surface area contributed by atoms with E-state index < -0.39 is 0 Å². The zero-order valence-corrected chi connectivity index (χ0v) is 13.2. The van der Waals surface area contributed by atoms with Crippen LogP contribution in [0.15, 0.2) is 29.6 Å². The Hall–Kier alpha value is -1.56. The molecule has 0 spiro atoms. The molecular weight excluding hydrogens is 327 g/mol. The van der Waals surface area contributed by atoms with E-state index in [0.717, 1.165) is 10.4 Å². The van der Waals surface area contributed by atoms with E-state index in [1.54, 1.807) is 28.7 Å². The maximum absolute atomic E-state index is 14.0. The first-order valence-corrected chi connectivity index (χ1v) is 8.30. The summed E-state index contributed by atoms with van der Waals surface area (Å²) in [6.45, 7) is 1.87. The van der Waals surface area contributed by atoms with Gasteiger partial charge in [-0.3, -0.25) is 0 Å². The molecule has 3 heterocycles. The van der Waals surface area contributed by atoms with Gasteiger partial charge in [-0.05, 0) is 36.1 Å². The van der Waals surface area contributed by atoms with Gasteiger partial charge in [-0.25, -0.2) is 14.4 Å². The van der Waals surface area contributed by atoms with Crippen LogP contribution in [0.5, 0.6) is 0 Å². The molecule has 0 fully saturated rings. The van der Waals surface area contributed by atoms with Crippen molar-refractivity contribution in [1.29, 1.82) is 0 Å². The Bertz CT molecular complexity index is 962. The third-order valence-electron chi connectivity index (χ3n) is 3.32. The Labute approximate surface area is 132 Å². The molecule has 0 radical (unpaired) electrons. The summed E-state index contributed by atoms with van der Waals surface area (Å²) < 4.78 is 16.4. The van der Waals surface area contributed by atoms with Crippen LogP contribution in [0.25, 0.3) is 31.0 Å². The largest absolute Gasteiger partial charge is 0.224 e. The van der Waals surface area contributed by atoms with Crippen molar-refractivity contribution in [2.24, 2.45) is 0 Å². The molecular formula is C15H8ClFN2S2. The van der Waals surface area contributed by atoms with Gasteiger partial charge >= 0.3 is 0 Å². The van der Waals surface area contributed by atoms with Gasteiger partial charge in [0.1, 0.15) is 16.5 Å². The molecule has 0 N–H and O–H groups in total. The first-order chi connectivity index (χ1) is 10.1. The number of fused-ring (bicyclic) bond motifs is 2. The first kappa shape index (κ1) is 13.1. The fourth-order valence-electron chi connectivity index (χ4n) is 2.30. The fourth-order valence-corrected chi connectivity index (χ4v) is 4.66. The van der Waals surface area contributed by atoms with Gasteiger partial charge in [0.05, 0.1) is 4.88 Å². The fraction of sp³-hybridized carbons (Fsp3) is 0.0667. The van der Waals surface area contributed by atoms with Gasteiger partial charge < -0.3 is 0 Å². The van der Waals surface area contributed by atoms with Crippen molar-refractivity contribution >= 4 is 54.6 Å². The molecule has 3 aromatic heterocycles. The number of thiophene rings is 2. The number of nitrogens with zero attached hydrogens (tertiary/aromatic N) is 2. The summed E-state index contributed by atoms with van der Waals surface area (Å²) in [4.78, 5) is 9.64. The monoisotopic (exact) mass is 334 g/mol. The van der Waals surface area contributed by atoms with Crippen molar-refractivity contribution in [2.45, 2.75) is 6.92 Å². The van der Waals surface area contributed by atoms with Crippen LogP contribution in [0.4, 0.5) is 4.39 Å². The molecule has 0 saturated carbocycles. The third kappa shape index (κ3) is 2.04. The van der Waals surface area contributed by atoms with Gasteiger partial charge in [-0.2, -0.15) is 0 Å². The smallest absolute Gasteiger partial charge is 0.171 e. The molecule has 4 aromatic rings. The molecule has 2 nitrogen and oxygen atoms in total. The normalized spacial score (nSPS) is 11.6. The molecule has 0 bridgehead atoms. The second-order valence-corrected chi connectivity index (χ2v) is 7.08. The van der Waals surface area contributed by atoms with Gasteiger partial charge in [-0.1, -0.05) is 17.7 Å². The molecule has 0 aliphatic heterocycles. The first-order valence-electron chi connectivity index (χ1n) is 6.23. The van der Waals surface area contributed by atoms with Crippen molar-refractivity contribution in [3.63, 3.8) is 0 Å². The minimum atomic E-state index is -0.375. The van der Waals surface area contributed by atoms with E-state index in [2.05, 4.69) is 16.0 Å².